The number of ether oxygens (including phenoxy) is 2. The standard InChI is InChI=1S/C22H23NO3/c1-13-14(22(24)26-3)11-12-17-15-8-6-9-16(15)21(23-20(13)17)18-7-4-5-10-19(18)25-2/h4-8,10-12,15-16,21,23H,9H2,1-3H3/t15-,16-,21-/m0/s1. The number of carbonyl (C=O) groups is 1. The van der Waals surface area contributed by atoms with Gasteiger partial charge in [-0.15, -0.1) is 0 Å². The predicted molar refractivity (Wildman–Crippen MR) is 102 cm³/mol. The van der Waals surface area contributed by atoms with Crippen LogP contribution < -0.4 is 10.1 Å². The fraction of sp³-hybridized carbons (Fsp3) is 0.318. The van der Waals surface area contributed by atoms with Crippen molar-refractivity contribution in [2.75, 3.05) is 19.5 Å². The van der Waals surface area contributed by atoms with E-state index in [9.17, 15) is 4.79 Å². The first-order valence-corrected chi connectivity index (χ1v) is 8.93. The van der Waals surface area contributed by atoms with E-state index < -0.39 is 0 Å². The van der Waals surface area contributed by atoms with Crippen LogP contribution in [-0.2, 0) is 4.74 Å². The summed E-state index contributed by atoms with van der Waals surface area (Å²) >= 11 is 0. The largest absolute Gasteiger partial charge is 0.496 e. The van der Waals surface area contributed by atoms with Gasteiger partial charge in [-0.2, -0.15) is 0 Å². The molecule has 0 fully saturated rings. The highest BCUT2D eigenvalue weighted by Crippen LogP contribution is 2.52. The van der Waals surface area contributed by atoms with Gasteiger partial charge >= 0.3 is 5.97 Å². The minimum atomic E-state index is -0.301. The topological polar surface area (TPSA) is 47.6 Å². The third-order valence-electron chi connectivity index (χ3n) is 5.68. The number of fused-ring (bicyclic) bond motifs is 3. The Kier molecular flexibility index (Phi) is 4.19. The summed E-state index contributed by atoms with van der Waals surface area (Å²) in [6.45, 7) is 1.98. The SMILES string of the molecule is COC(=O)c1ccc2c(c1C)N[C@H](c1ccccc1OC)[C@H]1CC=C[C@H]21. The minimum Gasteiger partial charge on any atom is -0.496 e. The zero-order valence-corrected chi connectivity index (χ0v) is 15.3. The summed E-state index contributed by atoms with van der Waals surface area (Å²) in [5, 5.41) is 3.72. The van der Waals surface area contributed by atoms with Crippen molar-refractivity contribution < 1.29 is 14.3 Å². The van der Waals surface area contributed by atoms with E-state index in [1.54, 1.807) is 7.11 Å². The first kappa shape index (κ1) is 16.7. The lowest BCUT2D eigenvalue weighted by Crippen LogP contribution is -2.30. The van der Waals surface area contributed by atoms with Crippen LogP contribution in [0.1, 0.15) is 45.4 Å². The van der Waals surface area contributed by atoms with Crippen LogP contribution in [0.25, 0.3) is 0 Å². The van der Waals surface area contributed by atoms with E-state index in [1.165, 1.54) is 12.7 Å². The summed E-state index contributed by atoms with van der Waals surface area (Å²) in [6, 6.07) is 12.2. The van der Waals surface area contributed by atoms with Crippen molar-refractivity contribution in [3.05, 3.63) is 70.8 Å². The lowest BCUT2D eigenvalue weighted by Gasteiger charge is -2.39. The molecule has 0 spiro atoms. The van der Waals surface area contributed by atoms with Gasteiger partial charge in [0.1, 0.15) is 5.75 Å². The van der Waals surface area contributed by atoms with Gasteiger partial charge in [0.15, 0.2) is 0 Å². The quantitative estimate of drug-likeness (QED) is 0.649. The van der Waals surface area contributed by atoms with Crippen LogP contribution in [0.5, 0.6) is 5.75 Å². The Labute approximate surface area is 153 Å². The van der Waals surface area contributed by atoms with Gasteiger partial charge in [0.05, 0.1) is 25.8 Å². The number of carbonyl (C=O) groups excluding carboxylic acids is 1. The number of para-hydroxylation sites is 1. The Morgan fingerprint density at radius 1 is 1.12 bits per heavy atom. The van der Waals surface area contributed by atoms with Crippen LogP contribution in [0.2, 0.25) is 0 Å². The average Bonchev–Trinajstić information content (AvgIpc) is 3.17. The maximum absolute atomic E-state index is 12.1. The van der Waals surface area contributed by atoms with Gasteiger partial charge in [-0.1, -0.05) is 36.4 Å². The number of esters is 1. The molecule has 2 aliphatic rings. The van der Waals surface area contributed by atoms with E-state index in [-0.39, 0.29) is 12.0 Å². The second kappa shape index (κ2) is 6.52. The zero-order valence-electron chi connectivity index (χ0n) is 15.3. The Hall–Kier alpha value is -2.75. The highest BCUT2D eigenvalue weighted by molar-refractivity contribution is 5.93. The average molecular weight is 349 g/mol. The van der Waals surface area contributed by atoms with Gasteiger partial charge in [-0.3, -0.25) is 0 Å². The van der Waals surface area contributed by atoms with Gasteiger partial charge in [-0.25, -0.2) is 4.79 Å². The molecule has 0 amide bonds. The summed E-state index contributed by atoms with van der Waals surface area (Å²) in [7, 11) is 3.13. The van der Waals surface area contributed by atoms with Gasteiger partial charge in [-0.05, 0) is 42.5 Å². The van der Waals surface area contributed by atoms with Crippen molar-refractivity contribution >= 4 is 11.7 Å². The Balaban J connectivity index is 1.84. The van der Waals surface area contributed by atoms with E-state index >= 15 is 0 Å². The number of allylic oxidation sites excluding steroid dienone is 2. The molecule has 3 atom stereocenters. The number of methoxy groups -OCH3 is 2. The number of hydrogen-bond donors (Lipinski definition) is 1. The Morgan fingerprint density at radius 2 is 1.92 bits per heavy atom. The second-order valence-corrected chi connectivity index (χ2v) is 6.91. The van der Waals surface area contributed by atoms with Crippen molar-refractivity contribution in [2.24, 2.45) is 5.92 Å². The van der Waals surface area contributed by atoms with Crippen LogP contribution in [0.4, 0.5) is 5.69 Å². The van der Waals surface area contributed by atoms with E-state index in [1.807, 2.05) is 31.2 Å². The number of hydrogen-bond acceptors (Lipinski definition) is 4. The van der Waals surface area contributed by atoms with Gasteiger partial charge in [0.25, 0.3) is 0 Å². The molecule has 0 radical (unpaired) electrons. The van der Waals surface area contributed by atoms with Crippen molar-refractivity contribution in [1.82, 2.24) is 0 Å². The van der Waals surface area contributed by atoms with Crippen molar-refractivity contribution in [3.63, 3.8) is 0 Å². The smallest absolute Gasteiger partial charge is 0.338 e. The molecule has 4 heteroatoms. The van der Waals surface area contributed by atoms with E-state index in [0.717, 1.165) is 29.0 Å². The molecule has 26 heavy (non-hydrogen) atoms. The first-order valence-electron chi connectivity index (χ1n) is 8.93. The third-order valence-corrected chi connectivity index (χ3v) is 5.68. The molecule has 134 valence electrons. The van der Waals surface area contributed by atoms with Crippen molar-refractivity contribution in [2.45, 2.75) is 25.3 Å². The van der Waals surface area contributed by atoms with Crippen LogP contribution >= 0.6 is 0 Å². The molecule has 1 aliphatic carbocycles. The molecule has 0 bridgehead atoms. The zero-order chi connectivity index (χ0) is 18.3. The maximum Gasteiger partial charge on any atom is 0.338 e. The molecule has 4 nitrogen and oxygen atoms in total. The van der Waals surface area contributed by atoms with Crippen molar-refractivity contribution in [1.29, 1.82) is 0 Å². The first-order chi connectivity index (χ1) is 12.7. The normalized spacial score (nSPS) is 23.0. The predicted octanol–water partition coefficient (Wildman–Crippen LogP) is 4.62. The summed E-state index contributed by atoms with van der Waals surface area (Å²) in [6.07, 6.45) is 5.58. The fourth-order valence-electron chi connectivity index (χ4n) is 4.38. The lowest BCUT2D eigenvalue weighted by molar-refractivity contribution is 0.0600. The number of benzene rings is 2. The third kappa shape index (κ3) is 2.48. The summed E-state index contributed by atoms with van der Waals surface area (Å²) in [5.74, 6) is 1.36. The Morgan fingerprint density at radius 3 is 2.69 bits per heavy atom. The van der Waals surface area contributed by atoms with Gasteiger partial charge in [0.2, 0.25) is 0 Å². The second-order valence-electron chi connectivity index (χ2n) is 6.91. The highest BCUT2D eigenvalue weighted by atomic mass is 16.5. The monoisotopic (exact) mass is 349 g/mol. The molecule has 1 heterocycles. The molecule has 1 aliphatic heterocycles. The molecule has 0 aromatic heterocycles. The molecule has 2 aromatic carbocycles. The number of rotatable bonds is 3. The highest BCUT2D eigenvalue weighted by Gasteiger charge is 2.39. The van der Waals surface area contributed by atoms with Gasteiger partial charge < -0.3 is 14.8 Å². The van der Waals surface area contributed by atoms with Crippen LogP contribution in [0.15, 0.2) is 48.6 Å². The molecule has 1 N–H and O–H groups in total. The fourth-order valence-corrected chi connectivity index (χ4v) is 4.38. The minimum absolute atomic E-state index is 0.130. The van der Waals surface area contributed by atoms with Crippen molar-refractivity contribution in [3.8, 4) is 5.75 Å². The van der Waals surface area contributed by atoms with E-state index in [0.29, 0.717) is 17.4 Å². The molecule has 0 saturated heterocycles. The van der Waals surface area contributed by atoms with Crippen LogP contribution in [0.3, 0.4) is 0 Å². The van der Waals surface area contributed by atoms with Gasteiger partial charge in [0, 0.05) is 17.2 Å². The maximum atomic E-state index is 12.1. The lowest BCUT2D eigenvalue weighted by atomic mass is 9.75. The van der Waals surface area contributed by atoms with Crippen LogP contribution in [0, 0.1) is 12.8 Å². The molecule has 2 aromatic rings. The van der Waals surface area contributed by atoms with E-state index in [4.69, 9.17) is 9.47 Å². The summed E-state index contributed by atoms with van der Waals surface area (Å²) in [5.41, 5.74) is 4.99. The molecular formula is C22H23NO3. The summed E-state index contributed by atoms with van der Waals surface area (Å²) in [4.78, 5) is 12.1. The van der Waals surface area contributed by atoms with Crippen LogP contribution in [-0.4, -0.2) is 20.2 Å². The Bertz CT molecular complexity index is 887. The number of anilines is 1. The number of nitrogens with one attached hydrogen (secondary N) is 1. The molecule has 4 rings (SSSR count). The molecule has 0 saturated carbocycles. The summed E-state index contributed by atoms with van der Waals surface area (Å²) < 4.78 is 10.6. The molecule has 0 unspecified atom stereocenters. The van der Waals surface area contributed by atoms with E-state index in [2.05, 4.69) is 29.6 Å². The molecular weight excluding hydrogens is 326 g/mol.